The summed E-state index contributed by atoms with van der Waals surface area (Å²) in [5.74, 6) is -0.906. The molecule has 0 aromatic heterocycles. The van der Waals surface area contributed by atoms with Gasteiger partial charge in [-0.2, -0.15) is 0 Å². The lowest BCUT2D eigenvalue weighted by molar-refractivity contribution is -0.141. The van der Waals surface area contributed by atoms with Gasteiger partial charge in [0.1, 0.15) is 12.4 Å². The van der Waals surface area contributed by atoms with Gasteiger partial charge in [-0.15, -0.1) is 0 Å². The molecule has 0 saturated heterocycles. The Morgan fingerprint density at radius 3 is 2.68 bits per heavy atom. The minimum Gasteiger partial charge on any atom is -0.465 e. The van der Waals surface area contributed by atoms with Gasteiger partial charge in [0.15, 0.2) is 0 Å². The van der Waals surface area contributed by atoms with E-state index in [4.69, 9.17) is 0 Å². The van der Waals surface area contributed by atoms with Crippen molar-refractivity contribution in [2.75, 3.05) is 13.2 Å². The van der Waals surface area contributed by atoms with E-state index >= 15 is 0 Å². The molecule has 6 heteroatoms. The molecular weight excluding hydrogens is 251 g/mol. The third-order valence-electron chi connectivity index (χ3n) is 2.42. The Bertz CT molecular complexity index is 451. The summed E-state index contributed by atoms with van der Waals surface area (Å²) in [7, 11) is 0. The van der Waals surface area contributed by atoms with Gasteiger partial charge in [-0.3, -0.25) is 4.79 Å². The number of hydrogen-bond acceptors (Lipinski definition) is 3. The Morgan fingerprint density at radius 1 is 1.37 bits per heavy atom. The summed E-state index contributed by atoms with van der Waals surface area (Å²) in [5.41, 5.74) is 0.383. The van der Waals surface area contributed by atoms with Gasteiger partial charge < -0.3 is 15.4 Å². The molecule has 0 bridgehead atoms. The molecule has 0 aliphatic carbocycles. The number of rotatable bonds is 5. The smallest absolute Gasteiger partial charge is 0.325 e. The van der Waals surface area contributed by atoms with Gasteiger partial charge >= 0.3 is 12.0 Å². The van der Waals surface area contributed by atoms with Crippen LogP contribution in [0.15, 0.2) is 24.3 Å². The Labute approximate surface area is 111 Å². The van der Waals surface area contributed by atoms with Crippen molar-refractivity contribution in [1.29, 1.82) is 0 Å². The minimum atomic E-state index is -0.552. The molecule has 0 fully saturated rings. The van der Waals surface area contributed by atoms with E-state index < -0.39 is 18.0 Å². The fourth-order valence-electron chi connectivity index (χ4n) is 1.52. The fraction of sp³-hybridized carbons (Fsp3) is 0.385. The van der Waals surface area contributed by atoms with E-state index in [1.807, 2.05) is 0 Å². The molecule has 1 rings (SSSR count). The average Bonchev–Trinajstić information content (AvgIpc) is 2.37. The highest BCUT2D eigenvalue weighted by atomic mass is 19.1. The first kappa shape index (κ1) is 14.9. The van der Waals surface area contributed by atoms with Crippen molar-refractivity contribution in [1.82, 2.24) is 10.6 Å². The van der Waals surface area contributed by atoms with Gasteiger partial charge in [0, 0.05) is 5.56 Å². The summed E-state index contributed by atoms with van der Waals surface area (Å²) in [5, 5.41) is 4.88. The number of ether oxygens (including phenoxy) is 1. The van der Waals surface area contributed by atoms with Crippen molar-refractivity contribution in [3.05, 3.63) is 35.6 Å². The van der Waals surface area contributed by atoms with E-state index in [0.717, 1.165) is 0 Å². The van der Waals surface area contributed by atoms with E-state index in [-0.39, 0.29) is 19.0 Å². The predicted molar refractivity (Wildman–Crippen MR) is 68.0 cm³/mol. The Morgan fingerprint density at radius 2 is 2.05 bits per heavy atom. The van der Waals surface area contributed by atoms with E-state index in [0.29, 0.717) is 5.56 Å². The Balaban J connectivity index is 2.44. The Kier molecular flexibility index (Phi) is 5.78. The van der Waals surface area contributed by atoms with E-state index in [1.165, 1.54) is 6.07 Å². The van der Waals surface area contributed by atoms with Crippen LogP contribution in [-0.4, -0.2) is 25.2 Å². The van der Waals surface area contributed by atoms with Gasteiger partial charge in [0.25, 0.3) is 0 Å². The molecule has 0 spiro atoms. The van der Waals surface area contributed by atoms with Crippen molar-refractivity contribution in [3.63, 3.8) is 0 Å². The van der Waals surface area contributed by atoms with Gasteiger partial charge in [-0.1, -0.05) is 18.2 Å². The molecule has 0 aliphatic heterocycles. The standard InChI is InChI=1S/C13H17FN2O3/c1-3-19-12(17)8-15-13(18)16-9(2)10-6-4-5-7-11(10)14/h4-7,9H,3,8H2,1-2H3,(H2,15,16,18). The van der Waals surface area contributed by atoms with Crippen molar-refractivity contribution < 1.29 is 18.7 Å². The normalized spacial score (nSPS) is 11.5. The average molecular weight is 268 g/mol. The fourth-order valence-corrected chi connectivity index (χ4v) is 1.52. The van der Waals surface area contributed by atoms with Crippen LogP contribution >= 0.6 is 0 Å². The van der Waals surface area contributed by atoms with Gasteiger partial charge in [0.05, 0.1) is 12.6 Å². The summed E-state index contributed by atoms with van der Waals surface area (Å²) in [6.45, 7) is 3.37. The maximum Gasteiger partial charge on any atom is 0.325 e. The summed E-state index contributed by atoms with van der Waals surface area (Å²) in [4.78, 5) is 22.5. The maximum absolute atomic E-state index is 13.5. The van der Waals surface area contributed by atoms with Crippen LogP contribution < -0.4 is 10.6 Å². The second kappa shape index (κ2) is 7.35. The predicted octanol–water partition coefficient (Wildman–Crippen LogP) is 1.75. The summed E-state index contributed by atoms with van der Waals surface area (Å²) in [6, 6.07) is 5.13. The van der Waals surface area contributed by atoms with Crippen molar-refractivity contribution in [2.45, 2.75) is 19.9 Å². The zero-order valence-corrected chi connectivity index (χ0v) is 10.9. The molecule has 104 valence electrons. The number of esters is 1. The van der Waals surface area contributed by atoms with Crippen LogP contribution in [0.5, 0.6) is 0 Å². The quantitative estimate of drug-likeness (QED) is 0.799. The van der Waals surface area contributed by atoms with Crippen molar-refractivity contribution in [3.8, 4) is 0 Å². The molecule has 2 amide bonds. The molecule has 1 aromatic rings. The largest absolute Gasteiger partial charge is 0.465 e. The second-order valence-corrected chi connectivity index (χ2v) is 3.88. The third kappa shape index (κ3) is 4.95. The van der Waals surface area contributed by atoms with Gasteiger partial charge in [-0.25, -0.2) is 9.18 Å². The third-order valence-corrected chi connectivity index (χ3v) is 2.42. The van der Waals surface area contributed by atoms with Gasteiger partial charge in [-0.05, 0) is 19.9 Å². The molecule has 1 unspecified atom stereocenters. The minimum absolute atomic E-state index is 0.219. The van der Waals surface area contributed by atoms with Crippen molar-refractivity contribution in [2.24, 2.45) is 0 Å². The molecule has 1 atom stereocenters. The maximum atomic E-state index is 13.5. The van der Waals surface area contributed by atoms with E-state index in [1.54, 1.807) is 32.0 Å². The molecule has 19 heavy (non-hydrogen) atoms. The molecule has 2 N–H and O–H groups in total. The van der Waals surface area contributed by atoms with Crippen LogP contribution in [0.2, 0.25) is 0 Å². The lowest BCUT2D eigenvalue weighted by atomic mass is 10.1. The number of urea groups is 1. The lowest BCUT2D eigenvalue weighted by Crippen LogP contribution is -2.40. The van der Waals surface area contributed by atoms with Crippen LogP contribution in [0.4, 0.5) is 9.18 Å². The highest BCUT2D eigenvalue weighted by Gasteiger charge is 2.13. The first-order valence-corrected chi connectivity index (χ1v) is 5.99. The lowest BCUT2D eigenvalue weighted by Gasteiger charge is -2.15. The van der Waals surface area contributed by atoms with Gasteiger partial charge in [0.2, 0.25) is 0 Å². The van der Waals surface area contributed by atoms with Crippen LogP contribution in [-0.2, 0) is 9.53 Å². The first-order valence-electron chi connectivity index (χ1n) is 5.99. The first-order chi connectivity index (χ1) is 9.04. The zero-order chi connectivity index (χ0) is 14.3. The molecule has 0 aliphatic rings. The molecule has 0 heterocycles. The van der Waals surface area contributed by atoms with Crippen LogP contribution in [0.3, 0.4) is 0 Å². The molecule has 1 aromatic carbocycles. The SMILES string of the molecule is CCOC(=O)CNC(=O)NC(C)c1ccccc1F. The highest BCUT2D eigenvalue weighted by molar-refractivity contribution is 5.80. The number of carbonyl (C=O) groups excluding carboxylic acids is 2. The highest BCUT2D eigenvalue weighted by Crippen LogP contribution is 2.15. The van der Waals surface area contributed by atoms with E-state index in [2.05, 4.69) is 15.4 Å². The monoisotopic (exact) mass is 268 g/mol. The number of amides is 2. The van der Waals surface area contributed by atoms with Crippen LogP contribution in [0.25, 0.3) is 0 Å². The number of benzene rings is 1. The molecular formula is C13H17FN2O3. The van der Waals surface area contributed by atoms with Crippen molar-refractivity contribution >= 4 is 12.0 Å². The number of carbonyl (C=O) groups is 2. The Hall–Kier alpha value is -2.11. The summed E-state index contributed by atoms with van der Waals surface area (Å²) in [6.07, 6.45) is 0. The van der Waals surface area contributed by atoms with Crippen LogP contribution in [0, 0.1) is 5.82 Å². The molecule has 0 saturated carbocycles. The summed E-state index contributed by atoms with van der Waals surface area (Å²) >= 11 is 0. The summed E-state index contributed by atoms with van der Waals surface area (Å²) < 4.78 is 18.1. The topological polar surface area (TPSA) is 67.4 Å². The zero-order valence-electron chi connectivity index (χ0n) is 10.9. The number of halogens is 1. The molecule has 5 nitrogen and oxygen atoms in total. The number of nitrogens with one attached hydrogen (secondary N) is 2. The van der Waals surface area contributed by atoms with Crippen LogP contribution in [0.1, 0.15) is 25.5 Å². The van der Waals surface area contributed by atoms with E-state index in [9.17, 15) is 14.0 Å². The number of hydrogen-bond donors (Lipinski definition) is 2. The second-order valence-electron chi connectivity index (χ2n) is 3.88. The molecule has 0 radical (unpaired) electrons.